The zero-order valence-corrected chi connectivity index (χ0v) is 12.6. The summed E-state index contributed by atoms with van der Waals surface area (Å²) < 4.78 is 1.72. The first-order valence-corrected chi connectivity index (χ1v) is 6.56. The monoisotopic (exact) mass is 275 g/mol. The summed E-state index contributed by atoms with van der Waals surface area (Å²) in [5, 5.41) is 8.04. The standard InChI is InChI=1S/C14H21N5O/c1-8-10-6-9(7-16-12(10)19(5)18-8)17-13(20)11(15)14(2,3)4/h6-7,11H,15H2,1-5H3,(H,17,20). The first-order chi connectivity index (χ1) is 9.20. The van der Waals surface area contributed by atoms with Gasteiger partial charge in [0.15, 0.2) is 5.65 Å². The number of nitrogens with two attached hydrogens (primary N) is 1. The van der Waals surface area contributed by atoms with E-state index in [-0.39, 0.29) is 11.3 Å². The highest BCUT2D eigenvalue weighted by molar-refractivity contribution is 5.96. The normalized spacial score (nSPS) is 13.5. The van der Waals surface area contributed by atoms with Gasteiger partial charge in [0.2, 0.25) is 5.91 Å². The van der Waals surface area contributed by atoms with E-state index in [0.29, 0.717) is 5.69 Å². The molecule has 0 aromatic carbocycles. The molecule has 2 aromatic heterocycles. The molecule has 2 aromatic rings. The molecule has 0 saturated heterocycles. The molecule has 2 heterocycles. The second kappa shape index (κ2) is 4.86. The van der Waals surface area contributed by atoms with Crippen LogP contribution in [0.15, 0.2) is 12.3 Å². The Balaban J connectivity index is 2.27. The quantitative estimate of drug-likeness (QED) is 0.871. The highest BCUT2D eigenvalue weighted by atomic mass is 16.2. The number of nitrogens with zero attached hydrogens (tertiary/aromatic N) is 3. The number of nitrogens with one attached hydrogen (secondary N) is 1. The molecule has 0 aliphatic carbocycles. The van der Waals surface area contributed by atoms with Crippen molar-refractivity contribution in [1.82, 2.24) is 14.8 Å². The molecule has 0 bridgehead atoms. The lowest BCUT2D eigenvalue weighted by Crippen LogP contribution is -2.45. The van der Waals surface area contributed by atoms with Crippen molar-refractivity contribution in [1.29, 1.82) is 0 Å². The minimum Gasteiger partial charge on any atom is -0.323 e. The van der Waals surface area contributed by atoms with Gasteiger partial charge in [-0.25, -0.2) is 4.98 Å². The van der Waals surface area contributed by atoms with Crippen molar-refractivity contribution in [2.24, 2.45) is 18.2 Å². The van der Waals surface area contributed by atoms with Crippen LogP contribution < -0.4 is 11.1 Å². The first kappa shape index (κ1) is 14.5. The molecule has 2 rings (SSSR count). The molecule has 1 unspecified atom stereocenters. The molecular weight excluding hydrogens is 254 g/mol. The highest BCUT2D eigenvalue weighted by Gasteiger charge is 2.27. The number of carbonyl (C=O) groups is 1. The van der Waals surface area contributed by atoms with Gasteiger partial charge >= 0.3 is 0 Å². The third-order valence-corrected chi connectivity index (χ3v) is 3.35. The molecule has 3 N–H and O–H groups in total. The van der Waals surface area contributed by atoms with Gasteiger partial charge in [0, 0.05) is 12.4 Å². The number of hydrogen-bond donors (Lipinski definition) is 2. The van der Waals surface area contributed by atoms with Crippen molar-refractivity contribution in [2.45, 2.75) is 33.7 Å². The SMILES string of the molecule is Cc1nn(C)c2ncc(NC(=O)C(N)C(C)(C)C)cc12. The maximum atomic E-state index is 12.1. The van der Waals surface area contributed by atoms with Crippen molar-refractivity contribution >= 4 is 22.6 Å². The molecule has 0 saturated carbocycles. The summed E-state index contributed by atoms with van der Waals surface area (Å²) in [6.07, 6.45) is 1.62. The topological polar surface area (TPSA) is 85.8 Å². The highest BCUT2D eigenvalue weighted by Crippen LogP contribution is 2.21. The number of hydrogen-bond acceptors (Lipinski definition) is 4. The largest absolute Gasteiger partial charge is 0.323 e. The minimum absolute atomic E-state index is 0.208. The Kier molecular flexibility index (Phi) is 3.52. The predicted molar refractivity (Wildman–Crippen MR) is 79.3 cm³/mol. The predicted octanol–water partition coefficient (Wildman–Crippen LogP) is 1.59. The number of aromatic nitrogens is 3. The summed E-state index contributed by atoms with van der Waals surface area (Å²) in [5.74, 6) is -0.208. The molecule has 0 aliphatic rings. The van der Waals surface area contributed by atoms with Gasteiger partial charge < -0.3 is 11.1 Å². The molecule has 0 spiro atoms. The van der Waals surface area contributed by atoms with Crippen LogP contribution in [-0.2, 0) is 11.8 Å². The second-order valence-corrected chi connectivity index (χ2v) is 6.14. The number of amides is 1. The van der Waals surface area contributed by atoms with E-state index < -0.39 is 6.04 Å². The molecule has 108 valence electrons. The van der Waals surface area contributed by atoms with Crippen LogP contribution in [0.2, 0.25) is 0 Å². The average Bonchev–Trinajstić information content (AvgIpc) is 2.62. The van der Waals surface area contributed by atoms with E-state index in [9.17, 15) is 4.79 Å². The van der Waals surface area contributed by atoms with Gasteiger partial charge in [-0.2, -0.15) is 5.10 Å². The van der Waals surface area contributed by atoms with Crippen molar-refractivity contribution in [3.63, 3.8) is 0 Å². The lowest BCUT2D eigenvalue weighted by Gasteiger charge is -2.25. The van der Waals surface area contributed by atoms with Crippen molar-refractivity contribution in [3.05, 3.63) is 18.0 Å². The van der Waals surface area contributed by atoms with E-state index >= 15 is 0 Å². The minimum atomic E-state index is -0.576. The average molecular weight is 275 g/mol. The van der Waals surface area contributed by atoms with Crippen LogP contribution in [0.4, 0.5) is 5.69 Å². The molecule has 1 amide bonds. The van der Waals surface area contributed by atoms with Crippen molar-refractivity contribution in [2.75, 3.05) is 5.32 Å². The first-order valence-electron chi connectivity index (χ1n) is 6.56. The number of aryl methyl sites for hydroxylation is 2. The number of pyridine rings is 1. The van der Waals surface area contributed by atoms with Crippen LogP contribution in [0.5, 0.6) is 0 Å². The summed E-state index contributed by atoms with van der Waals surface area (Å²) in [5.41, 5.74) is 7.96. The third-order valence-electron chi connectivity index (χ3n) is 3.35. The summed E-state index contributed by atoms with van der Waals surface area (Å²) in [4.78, 5) is 16.4. The lowest BCUT2D eigenvalue weighted by atomic mass is 9.87. The Morgan fingerprint density at radius 3 is 2.70 bits per heavy atom. The molecule has 0 aliphatic heterocycles. The van der Waals surface area contributed by atoms with E-state index in [1.54, 1.807) is 10.9 Å². The van der Waals surface area contributed by atoms with Crippen molar-refractivity contribution < 1.29 is 4.79 Å². The molecule has 6 nitrogen and oxygen atoms in total. The number of anilines is 1. The van der Waals surface area contributed by atoms with E-state index in [0.717, 1.165) is 16.7 Å². The maximum absolute atomic E-state index is 12.1. The van der Waals surface area contributed by atoms with E-state index in [1.807, 2.05) is 40.8 Å². The Labute approximate surface area is 118 Å². The summed E-state index contributed by atoms with van der Waals surface area (Å²) in [6.45, 7) is 7.72. The van der Waals surface area contributed by atoms with Crippen LogP contribution in [0.3, 0.4) is 0 Å². The van der Waals surface area contributed by atoms with E-state index in [4.69, 9.17) is 5.73 Å². The number of fused-ring (bicyclic) bond motifs is 1. The van der Waals surface area contributed by atoms with Gasteiger partial charge in [0.25, 0.3) is 0 Å². The number of rotatable bonds is 2. The fraction of sp³-hybridized carbons (Fsp3) is 0.500. The Morgan fingerprint density at radius 1 is 1.45 bits per heavy atom. The maximum Gasteiger partial charge on any atom is 0.241 e. The summed E-state index contributed by atoms with van der Waals surface area (Å²) in [6, 6.07) is 1.30. The molecule has 20 heavy (non-hydrogen) atoms. The Morgan fingerprint density at radius 2 is 2.10 bits per heavy atom. The zero-order valence-electron chi connectivity index (χ0n) is 12.6. The Bertz CT molecular complexity index is 653. The van der Waals surface area contributed by atoms with Gasteiger partial charge in [0.1, 0.15) is 0 Å². The summed E-state index contributed by atoms with van der Waals surface area (Å²) >= 11 is 0. The fourth-order valence-electron chi connectivity index (χ4n) is 1.99. The van der Waals surface area contributed by atoms with Gasteiger partial charge in [-0.15, -0.1) is 0 Å². The van der Waals surface area contributed by atoms with Gasteiger partial charge in [-0.3, -0.25) is 9.48 Å². The molecular formula is C14H21N5O. The lowest BCUT2D eigenvalue weighted by molar-refractivity contribution is -0.119. The Hall–Kier alpha value is -1.95. The van der Waals surface area contributed by atoms with Crippen LogP contribution in [0.1, 0.15) is 26.5 Å². The third kappa shape index (κ3) is 2.65. The van der Waals surface area contributed by atoms with E-state index in [2.05, 4.69) is 15.4 Å². The molecule has 1 atom stereocenters. The molecule has 6 heteroatoms. The van der Waals surface area contributed by atoms with Crippen LogP contribution in [0, 0.1) is 12.3 Å². The molecule has 0 fully saturated rings. The van der Waals surface area contributed by atoms with Crippen LogP contribution >= 0.6 is 0 Å². The van der Waals surface area contributed by atoms with Crippen LogP contribution in [0.25, 0.3) is 11.0 Å². The number of carbonyl (C=O) groups excluding carboxylic acids is 1. The van der Waals surface area contributed by atoms with Gasteiger partial charge in [0.05, 0.1) is 23.6 Å². The van der Waals surface area contributed by atoms with Crippen molar-refractivity contribution in [3.8, 4) is 0 Å². The fourth-order valence-corrected chi connectivity index (χ4v) is 1.99. The zero-order chi connectivity index (χ0) is 15.1. The van der Waals surface area contributed by atoms with Gasteiger partial charge in [-0.1, -0.05) is 20.8 Å². The van der Waals surface area contributed by atoms with E-state index in [1.165, 1.54) is 0 Å². The van der Waals surface area contributed by atoms with Gasteiger partial charge in [-0.05, 0) is 18.4 Å². The summed E-state index contributed by atoms with van der Waals surface area (Å²) in [7, 11) is 1.84. The second-order valence-electron chi connectivity index (χ2n) is 6.14. The molecule has 0 radical (unpaired) electrons. The van der Waals surface area contributed by atoms with Crippen LogP contribution in [-0.4, -0.2) is 26.7 Å². The smallest absolute Gasteiger partial charge is 0.241 e.